The molecule has 2 aromatic rings. The van der Waals surface area contributed by atoms with Gasteiger partial charge in [-0.15, -0.1) is 0 Å². The van der Waals surface area contributed by atoms with Crippen LogP contribution < -0.4 is 0 Å². The third kappa shape index (κ3) is 2.52. The maximum atomic E-state index is 12.6. The molecule has 1 aliphatic rings. The summed E-state index contributed by atoms with van der Waals surface area (Å²) in [6, 6.07) is 13.1. The van der Waals surface area contributed by atoms with Crippen molar-refractivity contribution in [3.8, 4) is 0 Å². The van der Waals surface area contributed by atoms with Crippen molar-refractivity contribution >= 4 is 11.6 Å². The van der Waals surface area contributed by atoms with Crippen molar-refractivity contribution in [2.45, 2.75) is 33.7 Å². The van der Waals surface area contributed by atoms with Gasteiger partial charge in [0.25, 0.3) is 0 Å². The predicted octanol–water partition coefficient (Wildman–Crippen LogP) is 3.51. The first-order valence-corrected chi connectivity index (χ1v) is 7.70. The number of rotatable bonds is 3. The molecule has 0 saturated carbocycles. The maximum Gasteiger partial charge on any atom is 0.209 e. The summed E-state index contributed by atoms with van der Waals surface area (Å²) in [5.41, 5.74) is 2.12. The number of carbonyl (C=O) groups excluding carboxylic acids is 2. The van der Waals surface area contributed by atoms with Gasteiger partial charge in [-0.2, -0.15) is 0 Å². The molecule has 0 saturated heterocycles. The standard InChI is InChI=1S/C19H21NO2/c1-19(2,3)18(22)14-11-15-9-10-16(20(15)12-14)17(21)13-7-5-4-6-8-13/h4-10,14H,11-12H2,1-3H3. The summed E-state index contributed by atoms with van der Waals surface area (Å²) >= 11 is 0. The van der Waals surface area contributed by atoms with Gasteiger partial charge in [0.15, 0.2) is 0 Å². The van der Waals surface area contributed by atoms with Crippen LogP contribution in [0.25, 0.3) is 0 Å². The number of ketones is 2. The van der Waals surface area contributed by atoms with E-state index in [2.05, 4.69) is 0 Å². The second kappa shape index (κ2) is 5.24. The summed E-state index contributed by atoms with van der Waals surface area (Å²) in [4.78, 5) is 25.1. The fourth-order valence-electron chi connectivity index (χ4n) is 3.16. The van der Waals surface area contributed by atoms with Gasteiger partial charge in [-0.25, -0.2) is 0 Å². The van der Waals surface area contributed by atoms with E-state index >= 15 is 0 Å². The minimum atomic E-state index is -0.335. The summed E-state index contributed by atoms with van der Waals surface area (Å²) in [7, 11) is 0. The second-order valence-corrected chi connectivity index (χ2v) is 7.03. The minimum absolute atomic E-state index is 0.0153. The molecule has 1 atom stereocenters. The Kier molecular flexibility index (Phi) is 3.51. The van der Waals surface area contributed by atoms with Crippen LogP contribution in [0, 0.1) is 11.3 Å². The number of hydrogen-bond acceptors (Lipinski definition) is 2. The molecule has 3 nitrogen and oxygen atoms in total. The largest absolute Gasteiger partial charge is 0.341 e. The van der Waals surface area contributed by atoms with Gasteiger partial charge in [-0.3, -0.25) is 9.59 Å². The first-order chi connectivity index (χ1) is 10.4. The molecule has 22 heavy (non-hydrogen) atoms. The van der Waals surface area contributed by atoms with Gasteiger partial charge in [0, 0.05) is 29.1 Å². The zero-order valence-corrected chi connectivity index (χ0v) is 13.3. The highest BCUT2D eigenvalue weighted by atomic mass is 16.1. The molecule has 1 aliphatic heterocycles. The lowest BCUT2D eigenvalue weighted by atomic mass is 9.82. The first-order valence-electron chi connectivity index (χ1n) is 7.70. The van der Waals surface area contributed by atoms with E-state index in [4.69, 9.17) is 0 Å². The van der Waals surface area contributed by atoms with E-state index in [-0.39, 0.29) is 22.9 Å². The lowest BCUT2D eigenvalue weighted by Crippen LogP contribution is -2.29. The molecule has 1 unspecified atom stereocenters. The fourth-order valence-corrected chi connectivity index (χ4v) is 3.16. The maximum absolute atomic E-state index is 12.6. The van der Waals surface area contributed by atoms with Crippen molar-refractivity contribution in [3.63, 3.8) is 0 Å². The SMILES string of the molecule is CC(C)(C)C(=O)C1Cc2ccc(C(=O)c3ccccc3)n2C1. The van der Waals surface area contributed by atoms with E-state index in [1.165, 1.54) is 0 Å². The number of benzene rings is 1. The van der Waals surface area contributed by atoms with Gasteiger partial charge < -0.3 is 4.57 Å². The van der Waals surface area contributed by atoms with E-state index in [0.29, 0.717) is 17.8 Å². The zero-order valence-electron chi connectivity index (χ0n) is 13.3. The van der Waals surface area contributed by atoms with Crippen LogP contribution in [-0.2, 0) is 17.8 Å². The van der Waals surface area contributed by atoms with Crippen LogP contribution in [0.5, 0.6) is 0 Å². The number of aromatic nitrogens is 1. The highest BCUT2D eigenvalue weighted by molar-refractivity contribution is 6.08. The molecule has 0 radical (unpaired) electrons. The molecule has 2 heterocycles. The van der Waals surface area contributed by atoms with E-state index in [1.807, 2.05) is 67.8 Å². The van der Waals surface area contributed by atoms with Crippen LogP contribution in [0.2, 0.25) is 0 Å². The molecule has 1 aromatic carbocycles. The molecule has 0 fully saturated rings. The van der Waals surface area contributed by atoms with E-state index in [9.17, 15) is 9.59 Å². The Morgan fingerprint density at radius 3 is 2.36 bits per heavy atom. The summed E-state index contributed by atoms with van der Waals surface area (Å²) < 4.78 is 2.02. The van der Waals surface area contributed by atoms with Crippen molar-refractivity contribution in [2.24, 2.45) is 11.3 Å². The van der Waals surface area contributed by atoms with Crippen LogP contribution in [0.15, 0.2) is 42.5 Å². The van der Waals surface area contributed by atoms with Gasteiger partial charge in [-0.05, 0) is 18.6 Å². The molecule has 1 aromatic heterocycles. The number of hydrogen-bond donors (Lipinski definition) is 0. The van der Waals surface area contributed by atoms with Gasteiger partial charge in [0.2, 0.25) is 5.78 Å². The first kappa shape index (κ1) is 14.8. The van der Waals surface area contributed by atoms with Crippen LogP contribution in [0.1, 0.15) is 42.5 Å². The van der Waals surface area contributed by atoms with Crippen LogP contribution in [-0.4, -0.2) is 16.1 Å². The summed E-state index contributed by atoms with van der Waals surface area (Å²) in [6.07, 6.45) is 0.734. The topological polar surface area (TPSA) is 39.1 Å². The van der Waals surface area contributed by atoms with Gasteiger partial charge in [-0.1, -0.05) is 51.1 Å². The molecular weight excluding hydrogens is 274 g/mol. The Morgan fingerprint density at radius 1 is 1.05 bits per heavy atom. The second-order valence-electron chi connectivity index (χ2n) is 7.03. The average Bonchev–Trinajstić information content (AvgIpc) is 3.05. The van der Waals surface area contributed by atoms with E-state index in [1.54, 1.807) is 0 Å². The zero-order chi connectivity index (χ0) is 15.9. The molecule has 3 rings (SSSR count). The molecular formula is C19H21NO2. The Morgan fingerprint density at radius 2 is 1.73 bits per heavy atom. The van der Waals surface area contributed by atoms with Gasteiger partial charge in [0.1, 0.15) is 5.78 Å². The van der Waals surface area contributed by atoms with Crippen molar-refractivity contribution in [1.29, 1.82) is 0 Å². The number of nitrogens with zero attached hydrogens (tertiary/aromatic N) is 1. The normalized spacial score (nSPS) is 17.3. The van der Waals surface area contributed by atoms with E-state index in [0.717, 1.165) is 12.1 Å². The number of Topliss-reactive ketones (excluding diaryl/α,β-unsaturated/α-hetero) is 1. The molecule has 0 aliphatic carbocycles. The van der Waals surface area contributed by atoms with Gasteiger partial charge in [0.05, 0.1) is 5.69 Å². The Balaban J connectivity index is 1.87. The lowest BCUT2D eigenvalue weighted by molar-refractivity contribution is -0.130. The summed E-state index contributed by atoms with van der Waals surface area (Å²) in [5.74, 6) is 0.281. The molecule has 0 N–H and O–H groups in total. The third-order valence-electron chi connectivity index (χ3n) is 4.31. The van der Waals surface area contributed by atoms with Crippen molar-refractivity contribution < 1.29 is 9.59 Å². The Bertz CT molecular complexity index is 720. The third-order valence-corrected chi connectivity index (χ3v) is 4.31. The molecule has 0 amide bonds. The van der Waals surface area contributed by atoms with Crippen molar-refractivity contribution in [1.82, 2.24) is 4.57 Å². The van der Waals surface area contributed by atoms with Crippen LogP contribution in [0.4, 0.5) is 0 Å². The highest BCUT2D eigenvalue weighted by Crippen LogP contribution is 2.31. The fraction of sp³-hybridized carbons (Fsp3) is 0.368. The quantitative estimate of drug-likeness (QED) is 0.813. The van der Waals surface area contributed by atoms with Crippen molar-refractivity contribution in [2.75, 3.05) is 0 Å². The molecule has 0 bridgehead atoms. The average molecular weight is 295 g/mol. The lowest BCUT2D eigenvalue weighted by Gasteiger charge is -2.21. The monoisotopic (exact) mass is 295 g/mol. The molecule has 114 valence electrons. The predicted molar refractivity (Wildman–Crippen MR) is 86.0 cm³/mol. The van der Waals surface area contributed by atoms with E-state index < -0.39 is 0 Å². The number of fused-ring (bicyclic) bond motifs is 1. The number of carbonyl (C=O) groups is 2. The summed E-state index contributed by atoms with van der Waals surface area (Å²) in [5, 5.41) is 0. The van der Waals surface area contributed by atoms with Crippen LogP contribution in [0.3, 0.4) is 0 Å². The van der Waals surface area contributed by atoms with Crippen LogP contribution >= 0.6 is 0 Å². The van der Waals surface area contributed by atoms with Gasteiger partial charge >= 0.3 is 0 Å². The Labute approximate surface area is 131 Å². The molecule has 0 spiro atoms. The molecule has 3 heteroatoms. The highest BCUT2D eigenvalue weighted by Gasteiger charge is 2.35. The summed E-state index contributed by atoms with van der Waals surface area (Å²) in [6.45, 7) is 6.49. The Hall–Kier alpha value is -2.16. The smallest absolute Gasteiger partial charge is 0.209 e. The minimum Gasteiger partial charge on any atom is -0.341 e. The van der Waals surface area contributed by atoms with Crippen molar-refractivity contribution in [3.05, 3.63) is 59.4 Å².